The largest absolute Gasteiger partial charge is 0.465 e. The number of benzene rings is 1. The molecule has 2 aliphatic rings. The van der Waals surface area contributed by atoms with Gasteiger partial charge in [0.15, 0.2) is 5.65 Å². The molecule has 40 heavy (non-hydrogen) atoms. The fraction of sp³-hybridized carbons (Fsp3) is 0.379. The maximum Gasteiger partial charge on any atom is 0.407 e. The minimum atomic E-state index is -1.14. The highest BCUT2D eigenvalue weighted by molar-refractivity contribution is 7.08. The van der Waals surface area contributed by atoms with Crippen LogP contribution in [0.25, 0.3) is 16.7 Å². The lowest BCUT2D eigenvalue weighted by molar-refractivity contribution is -0.142. The third-order valence-electron chi connectivity index (χ3n) is 8.35. The fourth-order valence-electron chi connectivity index (χ4n) is 6.08. The van der Waals surface area contributed by atoms with E-state index in [4.69, 9.17) is 0 Å². The molecule has 208 valence electrons. The van der Waals surface area contributed by atoms with E-state index in [2.05, 4.69) is 4.98 Å². The van der Waals surface area contributed by atoms with Gasteiger partial charge in [0.25, 0.3) is 5.56 Å². The molecule has 6 rings (SSSR count). The molecule has 2 atom stereocenters. The van der Waals surface area contributed by atoms with Crippen LogP contribution in [0.2, 0.25) is 0 Å². The molecule has 0 bridgehead atoms. The molecular weight excluding hydrogens is 530 g/mol. The summed E-state index contributed by atoms with van der Waals surface area (Å²) in [5, 5.41) is 25.4. The molecule has 2 saturated heterocycles. The van der Waals surface area contributed by atoms with Crippen LogP contribution in [0.1, 0.15) is 30.7 Å². The number of amides is 2. The van der Waals surface area contributed by atoms with Crippen molar-refractivity contribution in [2.24, 2.45) is 5.92 Å². The van der Waals surface area contributed by atoms with Crippen molar-refractivity contribution in [1.82, 2.24) is 23.9 Å². The predicted molar refractivity (Wildman–Crippen MR) is 151 cm³/mol. The highest BCUT2D eigenvalue weighted by atomic mass is 32.1. The normalized spacial score (nSPS) is 21.0. The summed E-state index contributed by atoms with van der Waals surface area (Å²) in [6, 6.07) is 13.3. The summed E-state index contributed by atoms with van der Waals surface area (Å²) in [5.74, 6) is -0.557. The number of carbonyl (C=O) groups excluding carboxylic acids is 1. The molecule has 3 aromatic heterocycles. The second-order valence-electron chi connectivity index (χ2n) is 10.8. The molecule has 1 aromatic carbocycles. The summed E-state index contributed by atoms with van der Waals surface area (Å²) in [5.41, 5.74) is 1.13. The number of aliphatic hydroxyl groups is 1. The van der Waals surface area contributed by atoms with Crippen LogP contribution >= 0.6 is 11.3 Å². The lowest BCUT2D eigenvalue weighted by Crippen LogP contribution is -2.53. The summed E-state index contributed by atoms with van der Waals surface area (Å²) in [4.78, 5) is 46.3. The van der Waals surface area contributed by atoms with Gasteiger partial charge in [-0.1, -0.05) is 30.3 Å². The molecular formula is C29H31N5O5S. The number of fused-ring (bicyclic) bond motifs is 1. The Labute approximate surface area is 234 Å². The van der Waals surface area contributed by atoms with E-state index in [0.717, 1.165) is 11.3 Å². The maximum atomic E-state index is 13.7. The smallest absolute Gasteiger partial charge is 0.407 e. The number of carboxylic acid groups (broad SMARTS) is 1. The summed E-state index contributed by atoms with van der Waals surface area (Å²) >= 11 is 1.57. The van der Waals surface area contributed by atoms with Crippen molar-refractivity contribution < 1.29 is 19.8 Å². The van der Waals surface area contributed by atoms with E-state index in [9.17, 15) is 24.6 Å². The topological polar surface area (TPSA) is 121 Å². The van der Waals surface area contributed by atoms with Crippen molar-refractivity contribution in [2.75, 3.05) is 26.2 Å². The lowest BCUT2D eigenvalue weighted by atomic mass is 9.79. The van der Waals surface area contributed by atoms with E-state index in [1.165, 1.54) is 15.8 Å². The van der Waals surface area contributed by atoms with Gasteiger partial charge in [0, 0.05) is 49.6 Å². The Morgan fingerprint density at radius 3 is 2.52 bits per heavy atom. The number of rotatable bonds is 5. The molecule has 0 saturated carbocycles. The van der Waals surface area contributed by atoms with E-state index in [1.54, 1.807) is 22.3 Å². The summed E-state index contributed by atoms with van der Waals surface area (Å²) in [6.07, 6.45) is 3.47. The SMILES string of the molecule is O=C(O)N1CC[C@@H](C(=O)N2CCC(O)(Cn3cnc4c(ccn4-c4ccsc4)c3=O)CC2)[C@H](c2ccccc2)C1. The molecule has 0 unspecified atom stereocenters. The van der Waals surface area contributed by atoms with E-state index >= 15 is 0 Å². The predicted octanol–water partition coefficient (Wildman–Crippen LogP) is 3.39. The highest BCUT2D eigenvalue weighted by Gasteiger charge is 2.41. The van der Waals surface area contributed by atoms with Gasteiger partial charge < -0.3 is 24.6 Å². The third-order valence-corrected chi connectivity index (χ3v) is 9.02. The van der Waals surface area contributed by atoms with Crippen LogP contribution in [0.15, 0.2) is 70.5 Å². The van der Waals surface area contributed by atoms with Gasteiger partial charge in [0.05, 0.1) is 23.2 Å². The van der Waals surface area contributed by atoms with E-state index in [-0.39, 0.29) is 36.4 Å². The Balaban J connectivity index is 1.15. The molecule has 4 aromatic rings. The number of carbonyl (C=O) groups is 2. The number of hydrogen-bond acceptors (Lipinski definition) is 6. The van der Waals surface area contributed by atoms with Crippen LogP contribution in [-0.4, -0.2) is 77.9 Å². The summed E-state index contributed by atoms with van der Waals surface area (Å²) in [7, 11) is 0. The quantitative estimate of drug-likeness (QED) is 0.385. The Bertz CT molecular complexity index is 1570. The van der Waals surface area contributed by atoms with Crippen molar-refractivity contribution in [3.8, 4) is 5.69 Å². The number of aromatic nitrogens is 3. The van der Waals surface area contributed by atoms with E-state index < -0.39 is 11.7 Å². The second-order valence-corrected chi connectivity index (χ2v) is 11.6. The first-order valence-electron chi connectivity index (χ1n) is 13.5. The Morgan fingerprint density at radius 1 is 1.05 bits per heavy atom. The van der Waals surface area contributed by atoms with Crippen molar-refractivity contribution >= 4 is 34.4 Å². The minimum Gasteiger partial charge on any atom is -0.465 e. The lowest BCUT2D eigenvalue weighted by Gasteiger charge is -2.42. The number of hydrogen-bond donors (Lipinski definition) is 2. The monoisotopic (exact) mass is 561 g/mol. The van der Waals surface area contributed by atoms with Gasteiger partial charge in [0.1, 0.15) is 6.33 Å². The Kier molecular flexibility index (Phi) is 6.93. The van der Waals surface area contributed by atoms with Crippen LogP contribution < -0.4 is 5.56 Å². The van der Waals surface area contributed by atoms with E-state index in [1.807, 2.05) is 57.9 Å². The highest BCUT2D eigenvalue weighted by Crippen LogP contribution is 2.35. The van der Waals surface area contributed by atoms with Gasteiger partial charge in [-0.05, 0) is 42.3 Å². The van der Waals surface area contributed by atoms with Crippen molar-refractivity contribution in [2.45, 2.75) is 37.3 Å². The van der Waals surface area contributed by atoms with Crippen LogP contribution in [0.5, 0.6) is 0 Å². The van der Waals surface area contributed by atoms with Crippen molar-refractivity contribution in [3.63, 3.8) is 0 Å². The molecule has 2 amide bonds. The summed E-state index contributed by atoms with van der Waals surface area (Å²) in [6.45, 7) is 1.44. The Hall–Kier alpha value is -3.96. The van der Waals surface area contributed by atoms with Crippen LogP contribution in [0.3, 0.4) is 0 Å². The summed E-state index contributed by atoms with van der Waals surface area (Å²) < 4.78 is 3.34. The molecule has 2 aliphatic heterocycles. The number of thiophene rings is 1. The average Bonchev–Trinajstić information content (AvgIpc) is 3.65. The molecule has 11 heteroatoms. The molecule has 0 radical (unpaired) electrons. The van der Waals surface area contributed by atoms with Crippen molar-refractivity contribution in [1.29, 1.82) is 0 Å². The van der Waals surface area contributed by atoms with Crippen LogP contribution in [-0.2, 0) is 11.3 Å². The molecule has 0 spiro atoms. The molecule has 10 nitrogen and oxygen atoms in total. The molecule has 2 N–H and O–H groups in total. The first-order chi connectivity index (χ1) is 19.3. The Morgan fingerprint density at radius 2 is 1.82 bits per heavy atom. The van der Waals surface area contributed by atoms with Gasteiger partial charge in [-0.3, -0.25) is 14.2 Å². The molecule has 5 heterocycles. The zero-order valence-corrected chi connectivity index (χ0v) is 22.7. The standard InChI is InChI=1S/C29H31N5O5S/c35-26(22-6-11-32(28(37)38)16-24(22)20-4-2-1-3-5-20)31-13-9-29(39,10-14-31)18-33-19-30-25-23(27(33)36)7-12-34(25)21-8-15-40-17-21/h1-5,7-8,12,15,17,19,22,24,39H,6,9-11,13-14,16,18H2,(H,37,38)/t22-,24+/m1/s1. The number of piperidine rings is 2. The number of likely N-dealkylation sites (tertiary alicyclic amines) is 2. The van der Waals surface area contributed by atoms with Crippen LogP contribution in [0, 0.1) is 5.92 Å². The average molecular weight is 562 g/mol. The fourth-order valence-corrected chi connectivity index (χ4v) is 6.71. The number of nitrogens with zero attached hydrogens (tertiary/aromatic N) is 5. The second kappa shape index (κ2) is 10.5. The first kappa shape index (κ1) is 26.3. The van der Waals surface area contributed by atoms with Gasteiger partial charge in [-0.15, -0.1) is 0 Å². The van der Waals surface area contributed by atoms with Gasteiger partial charge in [0.2, 0.25) is 5.91 Å². The zero-order valence-electron chi connectivity index (χ0n) is 21.9. The van der Waals surface area contributed by atoms with Gasteiger partial charge in [-0.2, -0.15) is 11.3 Å². The molecule has 2 fully saturated rings. The zero-order chi connectivity index (χ0) is 27.9. The molecule has 0 aliphatic carbocycles. The van der Waals surface area contributed by atoms with Gasteiger partial charge in [-0.25, -0.2) is 9.78 Å². The first-order valence-corrected chi connectivity index (χ1v) is 14.4. The maximum absolute atomic E-state index is 13.7. The van der Waals surface area contributed by atoms with E-state index in [0.29, 0.717) is 49.9 Å². The van der Waals surface area contributed by atoms with Crippen LogP contribution in [0.4, 0.5) is 4.79 Å². The third kappa shape index (κ3) is 4.90. The minimum absolute atomic E-state index is 0.00374. The van der Waals surface area contributed by atoms with Gasteiger partial charge >= 0.3 is 6.09 Å². The van der Waals surface area contributed by atoms with Crippen molar-refractivity contribution in [3.05, 3.63) is 81.7 Å².